The molecule has 0 radical (unpaired) electrons. The Morgan fingerprint density at radius 2 is 1.86 bits per heavy atom. The quantitative estimate of drug-likeness (QED) is 0.850. The van der Waals surface area contributed by atoms with Crippen LogP contribution in [0.3, 0.4) is 0 Å². The average Bonchev–Trinajstić information content (AvgIpc) is 3.06. The SMILES string of the molecule is CCCN(C(=O)C1CCS(=O)(=O)C1)C1Cc2ccccc2C1. The minimum Gasteiger partial charge on any atom is -0.339 e. The van der Waals surface area contributed by atoms with E-state index in [9.17, 15) is 13.2 Å². The molecule has 120 valence electrons. The Kier molecular flexibility index (Phi) is 4.26. The molecule has 2 aliphatic rings. The predicted molar refractivity (Wildman–Crippen MR) is 86.4 cm³/mol. The number of fused-ring (bicyclic) bond motifs is 1. The van der Waals surface area contributed by atoms with Crippen molar-refractivity contribution >= 4 is 15.7 Å². The average molecular weight is 321 g/mol. The van der Waals surface area contributed by atoms with Gasteiger partial charge >= 0.3 is 0 Å². The van der Waals surface area contributed by atoms with Crippen molar-refractivity contribution in [1.29, 1.82) is 0 Å². The summed E-state index contributed by atoms with van der Waals surface area (Å²) < 4.78 is 23.3. The summed E-state index contributed by atoms with van der Waals surface area (Å²) in [6.07, 6.45) is 3.17. The molecule has 1 aromatic rings. The standard InChI is InChI=1S/C17H23NO3S/c1-2-8-18(17(19)15-7-9-22(20,21)12-15)16-10-13-5-3-4-6-14(13)11-16/h3-6,15-16H,2,7-12H2,1H3. The van der Waals surface area contributed by atoms with Crippen molar-refractivity contribution in [3.8, 4) is 0 Å². The van der Waals surface area contributed by atoms with E-state index in [0.29, 0.717) is 13.0 Å². The molecule has 0 saturated carbocycles. The van der Waals surface area contributed by atoms with Gasteiger partial charge < -0.3 is 4.90 Å². The second kappa shape index (κ2) is 6.03. The van der Waals surface area contributed by atoms with Crippen LogP contribution in [0.15, 0.2) is 24.3 Å². The van der Waals surface area contributed by atoms with Crippen LogP contribution in [0.1, 0.15) is 30.9 Å². The number of amides is 1. The van der Waals surface area contributed by atoms with Crippen LogP contribution in [0.4, 0.5) is 0 Å². The number of carbonyl (C=O) groups is 1. The van der Waals surface area contributed by atoms with E-state index in [0.717, 1.165) is 19.3 Å². The van der Waals surface area contributed by atoms with E-state index < -0.39 is 9.84 Å². The normalized spacial score (nSPS) is 23.4. The molecule has 1 fully saturated rings. The van der Waals surface area contributed by atoms with Gasteiger partial charge in [-0.05, 0) is 36.8 Å². The van der Waals surface area contributed by atoms with Crippen molar-refractivity contribution in [2.75, 3.05) is 18.1 Å². The Balaban J connectivity index is 1.75. The molecule has 1 aromatic carbocycles. The Morgan fingerprint density at radius 3 is 2.36 bits per heavy atom. The molecule has 0 spiro atoms. The number of hydrogen-bond acceptors (Lipinski definition) is 3. The molecule has 1 saturated heterocycles. The maximum absolute atomic E-state index is 12.8. The van der Waals surface area contributed by atoms with E-state index in [2.05, 4.69) is 19.1 Å². The van der Waals surface area contributed by atoms with E-state index in [4.69, 9.17) is 0 Å². The minimum atomic E-state index is -3.01. The second-order valence-electron chi connectivity index (χ2n) is 6.46. The number of sulfone groups is 1. The van der Waals surface area contributed by atoms with Crippen molar-refractivity contribution in [2.45, 2.75) is 38.6 Å². The molecular formula is C17H23NO3S. The third-order valence-corrected chi connectivity index (χ3v) is 6.57. The van der Waals surface area contributed by atoms with Gasteiger partial charge in [-0.15, -0.1) is 0 Å². The van der Waals surface area contributed by atoms with Crippen molar-refractivity contribution in [3.63, 3.8) is 0 Å². The van der Waals surface area contributed by atoms with Crippen molar-refractivity contribution < 1.29 is 13.2 Å². The molecule has 1 heterocycles. The highest BCUT2D eigenvalue weighted by Gasteiger charge is 2.38. The Bertz CT molecular complexity index is 643. The van der Waals surface area contributed by atoms with Crippen LogP contribution in [0.5, 0.6) is 0 Å². The molecule has 1 amide bonds. The van der Waals surface area contributed by atoms with Gasteiger partial charge in [-0.3, -0.25) is 4.79 Å². The third kappa shape index (κ3) is 3.05. The lowest BCUT2D eigenvalue weighted by atomic mass is 10.0. The zero-order valence-electron chi connectivity index (χ0n) is 13.0. The van der Waals surface area contributed by atoms with Gasteiger partial charge in [-0.2, -0.15) is 0 Å². The van der Waals surface area contributed by atoms with E-state index in [1.165, 1.54) is 11.1 Å². The van der Waals surface area contributed by atoms with Crippen LogP contribution in [-0.4, -0.2) is 43.3 Å². The molecule has 3 rings (SSSR count). The highest BCUT2D eigenvalue weighted by Crippen LogP contribution is 2.28. The molecule has 0 N–H and O–H groups in total. The molecule has 22 heavy (non-hydrogen) atoms. The summed E-state index contributed by atoms with van der Waals surface area (Å²) in [6, 6.07) is 8.52. The maximum Gasteiger partial charge on any atom is 0.227 e. The first-order valence-corrected chi connectivity index (χ1v) is 9.90. The molecule has 1 aliphatic carbocycles. The molecule has 4 nitrogen and oxygen atoms in total. The van der Waals surface area contributed by atoms with Gasteiger partial charge in [-0.25, -0.2) is 8.42 Å². The lowest BCUT2D eigenvalue weighted by Crippen LogP contribution is -2.45. The van der Waals surface area contributed by atoms with Gasteiger partial charge in [0.15, 0.2) is 9.84 Å². The summed E-state index contributed by atoms with van der Waals surface area (Å²) in [5.74, 6) is -0.0963. The number of benzene rings is 1. The molecule has 1 atom stereocenters. The van der Waals surface area contributed by atoms with Gasteiger partial charge in [0.1, 0.15) is 0 Å². The predicted octanol–water partition coefficient (Wildman–Crippen LogP) is 1.83. The van der Waals surface area contributed by atoms with Crippen LogP contribution >= 0.6 is 0 Å². The van der Waals surface area contributed by atoms with Crippen LogP contribution in [-0.2, 0) is 27.5 Å². The molecule has 0 bridgehead atoms. The summed E-state index contributed by atoms with van der Waals surface area (Å²) in [5.41, 5.74) is 2.64. The Morgan fingerprint density at radius 1 is 1.23 bits per heavy atom. The first-order valence-electron chi connectivity index (χ1n) is 8.08. The van der Waals surface area contributed by atoms with E-state index in [-0.39, 0.29) is 29.4 Å². The van der Waals surface area contributed by atoms with Crippen molar-refractivity contribution in [1.82, 2.24) is 4.90 Å². The largest absolute Gasteiger partial charge is 0.339 e. The van der Waals surface area contributed by atoms with Crippen LogP contribution in [0, 0.1) is 5.92 Å². The van der Waals surface area contributed by atoms with Gasteiger partial charge in [0, 0.05) is 12.6 Å². The second-order valence-corrected chi connectivity index (χ2v) is 8.69. The highest BCUT2D eigenvalue weighted by atomic mass is 32.2. The highest BCUT2D eigenvalue weighted by molar-refractivity contribution is 7.91. The summed E-state index contributed by atoms with van der Waals surface area (Å²) in [4.78, 5) is 14.8. The summed E-state index contributed by atoms with van der Waals surface area (Å²) in [6.45, 7) is 2.78. The first kappa shape index (κ1) is 15.5. The maximum atomic E-state index is 12.8. The number of nitrogens with zero attached hydrogens (tertiary/aromatic N) is 1. The fourth-order valence-electron chi connectivity index (χ4n) is 3.69. The van der Waals surface area contributed by atoms with Crippen LogP contribution < -0.4 is 0 Å². The minimum absolute atomic E-state index is 0.0334. The zero-order chi connectivity index (χ0) is 15.7. The molecule has 0 aromatic heterocycles. The fourth-order valence-corrected chi connectivity index (χ4v) is 5.43. The monoisotopic (exact) mass is 321 g/mol. The van der Waals surface area contributed by atoms with Crippen molar-refractivity contribution in [3.05, 3.63) is 35.4 Å². The Labute approximate surface area is 132 Å². The zero-order valence-corrected chi connectivity index (χ0v) is 13.8. The molecule has 1 unspecified atom stereocenters. The Hall–Kier alpha value is -1.36. The van der Waals surface area contributed by atoms with Gasteiger partial charge in [0.05, 0.1) is 17.4 Å². The topological polar surface area (TPSA) is 54.5 Å². The van der Waals surface area contributed by atoms with Crippen LogP contribution in [0.2, 0.25) is 0 Å². The number of rotatable bonds is 4. The van der Waals surface area contributed by atoms with Gasteiger partial charge in [-0.1, -0.05) is 31.2 Å². The summed E-state index contributed by atoms with van der Waals surface area (Å²) >= 11 is 0. The number of carbonyl (C=O) groups excluding carboxylic acids is 1. The number of hydrogen-bond donors (Lipinski definition) is 0. The molecule has 1 aliphatic heterocycles. The lowest BCUT2D eigenvalue weighted by molar-refractivity contribution is -0.137. The van der Waals surface area contributed by atoms with Crippen LogP contribution in [0.25, 0.3) is 0 Å². The van der Waals surface area contributed by atoms with Gasteiger partial charge in [0.2, 0.25) is 5.91 Å². The van der Waals surface area contributed by atoms with Gasteiger partial charge in [0.25, 0.3) is 0 Å². The van der Waals surface area contributed by atoms with E-state index in [1.54, 1.807) is 0 Å². The lowest BCUT2D eigenvalue weighted by Gasteiger charge is -2.31. The summed E-state index contributed by atoms with van der Waals surface area (Å²) in [7, 11) is -3.01. The smallest absolute Gasteiger partial charge is 0.227 e. The third-order valence-electron chi connectivity index (χ3n) is 4.80. The summed E-state index contributed by atoms with van der Waals surface area (Å²) in [5, 5.41) is 0. The van der Waals surface area contributed by atoms with Crippen molar-refractivity contribution in [2.24, 2.45) is 5.92 Å². The molecular weight excluding hydrogens is 298 g/mol. The first-order chi connectivity index (χ1) is 10.5. The fraction of sp³-hybridized carbons (Fsp3) is 0.588. The van der Waals surface area contributed by atoms with E-state index >= 15 is 0 Å². The molecule has 5 heteroatoms. The van der Waals surface area contributed by atoms with E-state index in [1.807, 2.05) is 17.0 Å².